The van der Waals surface area contributed by atoms with E-state index >= 15 is 0 Å². The molecule has 0 spiro atoms. The molecule has 1 aromatic carbocycles. The summed E-state index contributed by atoms with van der Waals surface area (Å²) in [6.45, 7) is 11.6. The fourth-order valence-electron chi connectivity index (χ4n) is 5.02. The van der Waals surface area contributed by atoms with Gasteiger partial charge in [0.15, 0.2) is 0 Å². The third-order valence-electron chi connectivity index (χ3n) is 6.17. The third-order valence-corrected chi connectivity index (χ3v) is 6.17. The van der Waals surface area contributed by atoms with E-state index in [1.54, 1.807) is 13.8 Å². The molecule has 1 heterocycles. The van der Waals surface area contributed by atoms with E-state index in [4.69, 9.17) is 4.74 Å². The first-order valence-corrected chi connectivity index (χ1v) is 11.1. The minimum Gasteiger partial charge on any atom is -0.465 e. The van der Waals surface area contributed by atoms with Crippen LogP contribution in [0.2, 0.25) is 0 Å². The van der Waals surface area contributed by atoms with Crippen molar-refractivity contribution in [2.45, 2.75) is 84.2 Å². The van der Waals surface area contributed by atoms with Crippen LogP contribution in [-0.4, -0.2) is 45.4 Å². The second-order valence-electron chi connectivity index (χ2n) is 10.5. The van der Waals surface area contributed by atoms with Gasteiger partial charge >= 0.3 is 6.09 Å². The monoisotopic (exact) mass is 428 g/mol. The maximum atomic E-state index is 13.0. The Morgan fingerprint density at radius 3 is 2.45 bits per heavy atom. The van der Waals surface area contributed by atoms with Crippen LogP contribution in [0.5, 0.6) is 0 Å². The van der Waals surface area contributed by atoms with Gasteiger partial charge in [0.25, 0.3) is 0 Å². The molecule has 1 aliphatic heterocycles. The molecule has 1 saturated heterocycles. The van der Waals surface area contributed by atoms with E-state index in [9.17, 15) is 14.7 Å². The van der Waals surface area contributed by atoms with Crippen LogP contribution in [0.25, 0.3) is 0 Å². The second-order valence-corrected chi connectivity index (χ2v) is 10.5. The van der Waals surface area contributed by atoms with E-state index in [0.717, 1.165) is 12.0 Å². The van der Waals surface area contributed by atoms with Crippen LogP contribution in [0.1, 0.15) is 59.9 Å². The number of ether oxygens (including phenoxy) is 1. The maximum Gasteiger partial charge on any atom is 0.409 e. The standard InChI is InChI=1S/C25H36N2O4/c1-16-12-18(19(13-16)22(28)26-24(2,3)4)15-21-20(14-17-10-8-7-9-11-17)27(23(29)30)25(5,6)31-21/h7-12,18-21H,13-15H2,1-6H3,(H,26,28)(H,29,30). The Kier molecular flexibility index (Phi) is 6.51. The molecule has 170 valence electrons. The summed E-state index contributed by atoms with van der Waals surface area (Å²) >= 11 is 0. The summed E-state index contributed by atoms with van der Waals surface area (Å²) in [5.74, 6) is -0.0742. The Labute approximate surface area is 185 Å². The van der Waals surface area contributed by atoms with Crippen LogP contribution in [0.3, 0.4) is 0 Å². The summed E-state index contributed by atoms with van der Waals surface area (Å²) in [4.78, 5) is 26.6. The predicted molar refractivity (Wildman–Crippen MR) is 121 cm³/mol. The zero-order valence-electron chi connectivity index (χ0n) is 19.5. The van der Waals surface area contributed by atoms with Crippen LogP contribution in [0.4, 0.5) is 4.79 Å². The number of hydrogen-bond acceptors (Lipinski definition) is 3. The molecule has 0 bridgehead atoms. The Morgan fingerprint density at radius 1 is 1.23 bits per heavy atom. The highest BCUT2D eigenvalue weighted by molar-refractivity contribution is 5.80. The average Bonchev–Trinajstić information content (AvgIpc) is 3.11. The Bertz CT molecular complexity index is 841. The van der Waals surface area contributed by atoms with E-state index in [-0.39, 0.29) is 35.4 Å². The van der Waals surface area contributed by atoms with Crippen molar-refractivity contribution in [1.29, 1.82) is 0 Å². The van der Waals surface area contributed by atoms with E-state index in [2.05, 4.69) is 18.3 Å². The molecule has 3 rings (SSSR count). The Morgan fingerprint density at radius 2 is 1.87 bits per heavy atom. The fraction of sp³-hybridized carbons (Fsp3) is 0.600. The molecule has 1 aliphatic carbocycles. The molecule has 2 aliphatic rings. The van der Waals surface area contributed by atoms with Gasteiger partial charge in [0.05, 0.1) is 12.1 Å². The molecule has 0 radical (unpaired) electrons. The van der Waals surface area contributed by atoms with Crippen molar-refractivity contribution in [2.75, 3.05) is 0 Å². The number of nitrogens with one attached hydrogen (secondary N) is 1. The number of hydrogen-bond donors (Lipinski definition) is 2. The van der Waals surface area contributed by atoms with Crippen LogP contribution in [0, 0.1) is 11.8 Å². The molecule has 2 amide bonds. The molecule has 6 nitrogen and oxygen atoms in total. The van der Waals surface area contributed by atoms with Crippen molar-refractivity contribution >= 4 is 12.0 Å². The lowest BCUT2D eigenvalue weighted by molar-refractivity contribution is -0.127. The molecular formula is C25H36N2O4. The SMILES string of the molecule is CC1=CC(CC2OC(C)(C)N(C(=O)O)C2Cc2ccccc2)C(C(=O)NC(C)(C)C)C1. The molecule has 2 N–H and O–H groups in total. The van der Waals surface area contributed by atoms with Crippen LogP contribution in [0.15, 0.2) is 42.0 Å². The molecule has 4 atom stereocenters. The summed E-state index contributed by atoms with van der Waals surface area (Å²) in [5.41, 5.74) is 1.06. The first-order valence-electron chi connectivity index (χ1n) is 11.1. The predicted octanol–water partition coefficient (Wildman–Crippen LogP) is 4.60. The highest BCUT2D eigenvalue weighted by atomic mass is 16.6. The van der Waals surface area contributed by atoms with E-state index in [0.29, 0.717) is 12.8 Å². The van der Waals surface area contributed by atoms with Gasteiger partial charge in [-0.25, -0.2) is 4.79 Å². The number of carbonyl (C=O) groups excluding carboxylic acids is 1. The van der Waals surface area contributed by atoms with Gasteiger partial charge in [0, 0.05) is 11.5 Å². The van der Waals surface area contributed by atoms with Crippen LogP contribution in [-0.2, 0) is 16.0 Å². The lowest BCUT2D eigenvalue weighted by atomic mass is 9.86. The van der Waals surface area contributed by atoms with Crippen molar-refractivity contribution < 1.29 is 19.4 Å². The van der Waals surface area contributed by atoms with Gasteiger partial charge in [0.2, 0.25) is 5.91 Å². The summed E-state index contributed by atoms with van der Waals surface area (Å²) in [6, 6.07) is 9.60. The Balaban J connectivity index is 1.84. The second kappa shape index (κ2) is 8.65. The molecule has 0 saturated carbocycles. The first kappa shape index (κ1) is 23.3. The summed E-state index contributed by atoms with van der Waals surface area (Å²) < 4.78 is 6.32. The van der Waals surface area contributed by atoms with E-state index < -0.39 is 11.8 Å². The fourth-order valence-corrected chi connectivity index (χ4v) is 5.02. The third kappa shape index (κ3) is 5.48. The molecule has 1 fully saturated rings. The molecular weight excluding hydrogens is 392 g/mol. The minimum absolute atomic E-state index is 0.0233. The van der Waals surface area contributed by atoms with Crippen LogP contribution >= 0.6 is 0 Å². The maximum absolute atomic E-state index is 13.0. The van der Waals surface area contributed by atoms with Crippen molar-refractivity contribution in [2.24, 2.45) is 11.8 Å². The number of amides is 2. The van der Waals surface area contributed by atoms with Crippen molar-refractivity contribution in [3.8, 4) is 0 Å². The summed E-state index contributed by atoms with van der Waals surface area (Å²) in [7, 11) is 0. The van der Waals surface area contributed by atoms with Gasteiger partial charge < -0.3 is 15.2 Å². The van der Waals surface area contributed by atoms with E-state index in [1.807, 2.05) is 51.1 Å². The minimum atomic E-state index is -0.978. The van der Waals surface area contributed by atoms with Gasteiger partial charge in [-0.15, -0.1) is 0 Å². The van der Waals surface area contributed by atoms with Gasteiger partial charge in [-0.1, -0.05) is 42.0 Å². The summed E-state index contributed by atoms with van der Waals surface area (Å²) in [5, 5.41) is 13.1. The quantitative estimate of drug-likeness (QED) is 0.672. The van der Waals surface area contributed by atoms with Crippen molar-refractivity contribution in [3.63, 3.8) is 0 Å². The largest absolute Gasteiger partial charge is 0.465 e. The van der Waals surface area contributed by atoms with E-state index in [1.165, 1.54) is 10.5 Å². The molecule has 4 unspecified atom stereocenters. The number of carboxylic acid groups (broad SMARTS) is 1. The lowest BCUT2D eigenvalue weighted by Crippen LogP contribution is -2.48. The van der Waals surface area contributed by atoms with Gasteiger partial charge in [-0.05, 0) is 72.3 Å². The molecule has 31 heavy (non-hydrogen) atoms. The smallest absolute Gasteiger partial charge is 0.409 e. The molecule has 1 aromatic rings. The normalized spacial score (nSPS) is 27.8. The van der Waals surface area contributed by atoms with Crippen LogP contribution < -0.4 is 5.32 Å². The highest BCUT2D eigenvalue weighted by Crippen LogP contribution is 2.41. The molecule has 6 heteroatoms. The average molecular weight is 429 g/mol. The van der Waals surface area contributed by atoms with Gasteiger partial charge in [0.1, 0.15) is 5.72 Å². The number of nitrogens with zero attached hydrogens (tertiary/aromatic N) is 1. The Hall–Kier alpha value is -2.34. The topological polar surface area (TPSA) is 78.9 Å². The van der Waals surface area contributed by atoms with Crippen molar-refractivity contribution in [3.05, 3.63) is 47.5 Å². The zero-order valence-corrected chi connectivity index (χ0v) is 19.5. The first-order chi connectivity index (χ1) is 14.4. The highest BCUT2D eigenvalue weighted by Gasteiger charge is 2.51. The number of allylic oxidation sites excluding steroid dienone is 2. The summed E-state index contributed by atoms with van der Waals surface area (Å²) in [6.07, 6.45) is 2.83. The number of carbonyl (C=O) groups is 2. The van der Waals surface area contributed by atoms with Gasteiger partial charge in [-0.2, -0.15) is 0 Å². The number of rotatable bonds is 5. The van der Waals surface area contributed by atoms with Gasteiger partial charge in [-0.3, -0.25) is 9.69 Å². The lowest BCUT2D eigenvalue weighted by Gasteiger charge is -2.31. The number of benzene rings is 1. The van der Waals surface area contributed by atoms with Crippen molar-refractivity contribution in [1.82, 2.24) is 10.2 Å². The zero-order chi connectivity index (χ0) is 23.0. The molecule has 0 aromatic heterocycles.